The zero-order valence-electron chi connectivity index (χ0n) is 12.8. The van der Waals surface area contributed by atoms with Gasteiger partial charge in [-0.3, -0.25) is 5.32 Å². The Balaban J connectivity index is 1.85. The summed E-state index contributed by atoms with van der Waals surface area (Å²) in [7, 11) is 4.00. The predicted molar refractivity (Wildman–Crippen MR) is 81.7 cm³/mol. The third-order valence-corrected chi connectivity index (χ3v) is 3.84. The Kier molecular flexibility index (Phi) is 3.47. The minimum absolute atomic E-state index is 0.104. The minimum Gasteiger partial charge on any atom is -0.330 e. The number of imidazole rings is 1. The van der Waals surface area contributed by atoms with Gasteiger partial charge in [0.1, 0.15) is 18.0 Å². The first-order valence-corrected chi connectivity index (χ1v) is 7.09. The first-order chi connectivity index (χ1) is 10.1. The van der Waals surface area contributed by atoms with Gasteiger partial charge in [-0.25, -0.2) is 4.98 Å². The van der Waals surface area contributed by atoms with E-state index in [9.17, 15) is 0 Å². The monoisotopic (exact) mass is 284 g/mol. The number of hydrogen-bond donors (Lipinski definition) is 1. The van der Waals surface area contributed by atoms with Crippen LogP contribution in [0.5, 0.6) is 0 Å². The Bertz CT molecular complexity index is 756. The van der Waals surface area contributed by atoms with Gasteiger partial charge in [-0.05, 0) is 26.0 Å². The minimum atomic E-state index is 0.104. The van der Waals surface area contributed by atoms with Crippen LogP contribution in [0.25, 0.3) is 11.0 Å². The number of nitrogens with one attached hydrogen (secondary N) is 1. The highest BCUT2D eigenvalue weighted by Crippen LogP contribution is 2.21. The van der Waals surface area contributed by atoms with Crippen LogP contribution in [0.4, 0.5) is 0 Å². The molecule has 0 bridgehead atoms. The maximum atomic E-state index is 4.73. The van der Waals surface area contributed by atoms with Crippen LogP contribution in [0.3, 0.4) is 0 Å². The number of para-hydroxylation sites is 2. The molecule has 1 aromatic carbocycles. The van der Waals surface area contributed by atoms with Crippen LogP contribution in [-0.2, 0) is 14.1 Å². The van der Waals surface area contributed by atoms with Crippen LogP contribution in [0, 0.1) is 0 Å². The van der Waals surface area contributed by atoms with Crippen molar-refractivity contribution in [3.05, 3.63) is 42.2 Å². The van der Waals surface area contributed by atoms with Crippen LogP contribution < -0.4 is 5.32 Å². The molecule has 0 radical (unpaired) electrons. The number of nitrogens with zero attached hydrogens (tertiary/aromatic N) is 5. The summed E-state index contributed by atoms with van der Waals surface area (Å²) in [5.41, 5.74) is 2.17. The summed E-state index contributed by atoms with van der Waals surface area (Å²) in [5, 5.41) is 11.6. The fourth-order valence-corrected chi connectivity index (χ4v) is 2.76. The lowest BCUT2D eigenvalue weighted by atomic mass is 10.2. The molecule has 3 aromatic rings. The first kappa shape index (κ1) is 13.8. The molecule has 0 amide bonds. The maximum Gasteiger partial charge on any atom is 0.149 e. The van der Waals surface area contributed by atoms with E-state index in [0.29, 0.717) is 0 Å². The summed E-state index contributed by atoms with van der Waals surface area (Å²) < 4.78 is 4.07. The number of aryl methyl sites for hydroxylation is 2. The average molecular weight is 284 g/mol. The second kappa shape index (κ2) is 5.29. The first-order valence-electron chi connectivity index (χ1n) is 7.09. The highest BCUT2D eigenvalue weighted by Gasteiger charge is 2.19. The smallest absolute Gasteiger partial charge is 0.149 e. The van der Waals surface area contributed by atoms with Crippen LogP contribution in [0.2, 0.25) is 0 Å². The van der Waals surface area contributed by atoms with Gasteiger partial charge in [0.05, 0.1) is 23.1 Å². The number of hydrogen-bond acceptors (Lipinski definition) is 4. The fraction of sp³-hybridized carbons (Fsp3) is 0.400. The van der Waals surface area contributed by atoms with Crippen LogP contribution in [0.15, 0.2) is 30.6 Å². The third-order valence-electron chi connectivity index (χ3n) is 3.84. The number of rotatable bonds is 4. The lowest BCUT2D eigenvalue weighted by molar-refractivity contribution is 0.445. The van der Waals surface area contributed by atoms with E-state index in [1.165, 1.54) is 0 Å². The van der Waals surface area contributed by atoms with Gasteiger partial charge in [-0.2, -0.15) is 0 Å². The van der Waals surface area contributed by atoms with E-state index < -0.39 is 0 Å². The molecule has 0 aliphatic rings. The van der Waals surface area contributed by atoms with E-state index in [0.717, 1.165) is 22.7 Å². The summed E-state index contributed by atoms with van der Waals surface area (Å²) in [6.07, 6.45) is 1.72. The van der Waals surface area contributed by atoms with Crippen molar-refractivity contribution in [2.24, 2.45) is 14.1 Å². The van der Waals surface area contributed by atoms with Gasteiger partial charge in [-0.1, -0.05) is 12.1 Å². The van der Waals surface area contributed by atoms with E-state index in [-0.39, 0.29) is 12.1 Å². The molecular weight excluding hydrogens is 264 g/mol. The molecule has 0 saturated carbocycles. The second-order valence-electron chi connectivity index (χ2n) is 5.43. The zero-order chi connectivity index (χ0) is 15.0. The second-order valence-corrected chi connectivity index (χ2v) is 5.43. The molecule has 2 aromatic heterocycles. The Morgan fingerprint density at radius 1 is 1.05 bits per heavy atom. The summed E-state index contributed by atoms with van der Waals surface area (Å²) in [4.78, 5) is 4.73. The lowest BCUT2D eigenvalue weighted by Gasteiger charge is -2.19. The van der Waals surface area contributed by atoms with E-state index in [2.05, 4.69) is 47.0 Å². The molecule has 6 nitrogen and oxygen atoms in total. The fourth-order valence-electron chi connectivity index (χ4n) is 2.76. The molecule has 2 unspecified atom stereocenters. The zero-order valence-corrected chi connectivity index (χ0v) is 12.8. The van der Waals surface area contributed by atoms with Gasteiger partial charge in [0, 0.05) is 14.1 Å². The predicted octanol–water partition coefficient (Wildman–Crippen LogP) is 2.11. The molecule has 0 spiro atoms. The van der Waals surface area contributed by atoms with Crippen LogP contribution in [-0.4, -0.2) is 24.3 Å². The van der Waals surface area contributed by atoms with Crippen molar-refractivity contribution in [2.75, 3.05) is 0 Å². The van der Waals surface area contributed by atoms with Crippen molar-refractivity contribution in [1.29, 1.82) is 0 Å². The molecule has 2 atom stereocenters. The van der Waals surface area contributed by atoms with Gasteiger partial charge in [0.25, 0.3) is 0 Å². The summed E-state index contributed by atoms with van der Waals surface area (Å²) in [5.74, 6) is 1.94. The van der Waals surface area contributed by atoms with Crippen LogP contribution >= 0.6 is 0 Å². The molecule has 3 rings (SSSR count). The van der Waals surface area contributed by atoms with Gasteiger partial charge >= 0.3 is 0 Å². The Labute approximate surface area is 123 Å². The highest BCUT2D eigenvalue weighted by atomic mass is 15.3. The van der Waals surface area contributed by atoms with Crippen molar-refractivity contribution in [3.8, 4) is 0 Å². The van der Waals surface area contributed by atoms with Gasteiger partial charge in [0.2, 0.25) is 0 Å². The van der Waals surface area contributed by atoms with Crippen molar-refractivity contribution in [2.45, 2.75) is 25.9 Å². The quantitative estimate of drug-likeness (QED) is 0.797. The van der Waals surface area contributed by atoms with E-state index in [1.54, 1.807) is 6.33 Å². The summed E-state index contributed by atoms with van der Waals surface area (Å²) >= 11 is 0. The van der Waals surface area contributed by atoms with Crippen molar-refractivity contribution < 1.29 is 0 Å². The molecule has 0 aliphatic carbocycles. The topological polar surface area (TPSA) is 60.6 Å². The van der Waals surface area contributed by atoms with Crippen molar-refractivity contribution >= 4 is 11.0 Å². The molecule has 21 heavy (non-hydrogen) atoms. The van der Waals surface area contributed by atoms with Gasteiger partial charge in [0.15, 0.2) is 0 Å². The number of fused-ring (bicyclic) bond motifs is 1. The van der Waals surface area contributed by atoms with E-state index >= 15 is 0 Å². The lowest BCUT2D eigenvalue weighted by Crippen LogP contribution is -2.26. The standard InChI is InChI=1S/C15H20N6/c1-10(17-11(2)15-19-16-9-20(15)3)14-18-12-7-5-6-8-13(12)21(14)4/h5-11,17H,1-4H3. The molecule has 0 aliphatic heterocycles. The van der Waals surface area contributed by atoms with Crippen molar-refractivity contribution in [1.82, 2.24) is 29.6 Å². The summed E-state index contributed by atoms with van der Waals surface area (Å²) in [6.45, 7) is 4.21. The third kappa shape index (κ3) is 2.42. The summed E-state index contributed by atoms with van der Waals surface area (Å²) in [6, 6.07) is 8.40. The normalized spacial score (nSPS) is 14.5. The maximum absolute atomic E-state index is 4.73. The molecular formula is C15H20N6. The Hall–Kier alpha value is -2.21. The molecule has 6 heteroatoms. The molecule has 0 fully saturated rings. The average Bonchev–Trinajstić information content (AvgIpc) is 3.03. The molecule has 1 N–H and O–H groups in total. The van der Waals surface area contributed by atoms with Gasteiger partial charge in [-0.15, -0.1) is 10.2 Å². The largest absolute Gasteiger partial charge is 0.330 e. The van der Waals surface area contributed by atoms with Crippen molar-refractivity contribution in [3.63, 3.8) is 0 Å². The Morgan fingerprint density at radius 3 is 2.43 bits per heavy atom. The van der Waals surface area contributed by atoms with E-state index in [4.69, 9.17) is 4.98 Å². The Morgan fingerprint density at radius 2 is 1.76 bits per heavy atom. The van der Waals surface area contributed by atoms with Gasteiger partial charge < -0.3 is 9.13 Å². The molecule has 0 saturated heterocycles. The number of aromatic nitrogens is 5. The molecule has 2 heterocycles. The SMILES string of the molecule is CC(NC(C)c1nc2ccccc2n1C)c1nncn1C. The number of benzene rings is 1. The van der Waals surface area contributed by atoms with E-state index in [1.807, 2.05) is 29.8 Å². The van der Waals surface area contributed by atoms with Crippen LogP contribution in [0.1, 0.15) is 37.6 Å². The molecule has 110 valence electrons. The highest BCUT2D eigenvalue weighted by molar-refractivity contribution is 5.75.